The molecule has 1 fully saturated rings. The predicted octanol–water partition coefficient (Wildman–Crippen LogP) is 0.594. The highest BCUT2D eigenvalue weighted by Crippen LogP contribution is 2.31. The highest BCUT2D eigenvalue weighted by molar-refractivity contribution is 7.98. The molecule has 0 aromatic carbocycles. The summed E-state index contributed by atoms with van der Waals surface area (Å²) in [6.45, 7) is 3.32. The Morgan fingerprint density at radius 3 is 2.95 bits per heavy atom. The summed E-state index contributed by atoms with van der Waals surface area (Å²) in [4.78, 5) is 14.0. The van der Waals surface area contributed by atoms with Gasteiger partial charge in [-0.3, -0.25) is 0 Å². The normalized spacial score (nSPS) is 24.6. The molecule has 0 bridgehead atoms. The van der Waals surface area contributed by atoms with E-state index in [0.29, 0.717) is 11.9 Å². The number of likely N-dealkylation sites (N-methyl/N-ethyl adjacent to an activating group) is 2. The van der Waals surface area contributed by atoms with Crippen molar-refractivity contribution in [3.63, 3.8) is 0 Å². The summed E-state index contributed by atoms with van der Waals surface area (Å²) in [5, 5.41) is 0. The zero-order chi connectivity index (χ0) is 13.4. The lowest BCUT2D eigenvalue weighted by atomic mass is 10.1. The third kappa shape index (κ3) is 2.70. The molecule has 1 aromatic rings. The number of nitrogen functional groups attached to an aromatic ring is 1. The van der Waals surface area contributed by atoms with Crippen LogP contribution in [0.3, 0.4) is 0 Å². The van der Waals surface area contributed by atoms with Gasteiger partial charge >= 0.3 is 0 Å². The van der Waals surface area contributed by atoms with Gasteiger partial charge in [0.1, 0.15) is 11.6 Å². The number of fused-ring (bicyclic) bond motifs is 1. The lowest BCUT2D eigenvalue weighted by Crippen LogP contribution is -2.51. The van der Waals surface area contributed by atoms with E-state index in [1.54, 1.807) is 0 Å². The highest BCUT2D eigenvalue weighted by atomic mass is 32.2. The number of hydrogen-bond donors (Lipinski definition) is 1. The zero-order valence-corrected chi connectivity index (χ0v) is 12.4. The number of nitrogens with two attached hydrogens (primary N) is 1. The fraction of sp³-hybridized carbons (Fsp3) is 0.692. The van der Waals surface area contributed by atoms with Gasteiger partial charge in [0.25, 0.3) is 0 Å². The van der Waals surface area contributed by atoms with Crippen molar-refractivity contribution in [3.05, 3.63) is 17.1 Å². The molecule has 3 heterocycles. The van der Waals surface area contributed by atoms with Crippen molar-refractivity contribution in [2.45, 2.75) is 24.0 Å². The fourth-order valence-corrected chi connectivity index (χ4v) is 3.81. The number of piperazine rings is 1. The molecule has 2 aliphatic rings. The van der Waals surface area contributed by atoms with Crippen molar-refractivity contribution in [1.29, 1.82) is 0 Å². The Hall–Kier alpha value is -0.850. The molecule has 0 saturated carbocycles. The standard InChI is InChI=1S/C13H21N5S/c1-17-3-4-18(2)9(6-17)5-12-15-11-8-19-7-10(11)13(14)16-12/h9H,3-8H2,1-2H3,(H2,14,15,16). The van der Waals surface area contributed by atoms with Crippen LogP contribution in [0.2, 0.25) is 0 Å². The van der Waals surface area contributed by atoms with Gasteiger partial charge in [-0.1, -0.05) is 0 Å². The van der Waals surface area contributed by atoms with Gasteiger partial charge in [0, 0.05) is 49.2 Å². The van der Waals surface area contributed by atoms with E-state index in [1.807, 2.05) is 11.8 Å². The van der Waals surface area contributed by atoms with E-state index in [9.17, 15) is 0 Å². The minimum atomic E-state index is 0.491. The molecule has 0 radical (unpaired) electrons. The number of anilines is 1. The summed E-state index contributed by atoms with van der Waals surface area (Å²) in [6, 6.07) is 0.491. The number of nitrogens with zero attached hydrogens (tertiary/aromatic N) is 4. The second-order valence-corrected chi connectivity index (χ2v) is 6.53. The third-order valence-corrected chi connectivity index (χ3v) is 5.02. The van der Waals surface area contributed by atoms with Crippen molar-refractivity contribution in [2.24, 2.45) is 0 Å². The first-order valence-corrected chi connectivity index (χ1v) is 7.89. The maximum absolute atomic E-state index is 6.05. The van der Waals surface area contributed by atoms with E-state index >= 15 is 0 Å². The lowest BCUT2D eigenvalue weighted by molar-refractivity contribution is 0.113. The van der Waals surface area contributed by atoms with Crippen LogP contribution in [-0.2, 0) is 17.9 Å². The summed E-state index contributed by atoms with van der Waals surface area (Å²) in [5.41, 5.74) is 8.36. The van der Waals surface area contributed by atoms with Gasteiger partial charge in [-0.15, -0.1) is 0 Å². The quantitative estimate of drug-likeness (QED) is 0.855. The monoisotopic (exact) mass is 279 g/mol. The van der Waals surface area contributed by atoms with E-state index in [-0.39, 0.29) is 0 Å². The molecule has 5 nitrogen and oxygen atoms in total. The van der Waals surface area contributed by atoms with Crippen LogP contribution in [-0.4, -0.2) is 59.5 Å². The van der Waals surface area contributed by atoms with Gasteiger partial charge in [0.15, 0.2) is 0 Å². The molecule has 1 aromatic heterocycles. The Morgan fingerprint density at radius 2 is 2.11 bits per heavy atom. The van der Waals surface area contributed by atoms with Crippen molar-refractivity contribution < 1.29 is 0 Å². The molecule has 104 valence electrons. The van der Waals surface area contributed by atoms with Gasteiger partial charge in [0.2, 0.25) is 0 Å². The van der Waals surface area contributed by atoms with Gasteiger partial charge in [-0.25, -0.2) is 9.97 Å². The molecule has 2 aliphatic heterocycles. The van der Waals surface area contributed by atoms with E-state index in [4.69, 9.17) is 10.7 Å². The van der Waals surface area contributed by atoms with Crippen LogP contribution in [0.5, 0.6) is 0 Å². The Morgan fingerprint density at radius 1 is 1.26 bits per heavy atom. The SMILES string of the molecule is CN1CCN(C)C(Cc2nc(N)c3c(n2)CSC3)C1. The number of aromatic nitrogens is 2. The zero-order valence-electron chi connectivity index (χ0n) is 11.6. The van der Waals surface area contributed by atoms with Gasteiger partial charge in [0.05, 0.1) is 5.69 Å². The van der Waals surface area contributed by atoms with Gasteiger partial charge in [-0.05, 0) is 14.1 Å². The molecule has 6 heteroatoms. The van der Waals surface area contributed by atoms with E-state index in [2.05, 4.69) is 28.9 Å². The molecule has 1 saturated heterocycles. The minimum Gasteiger partial charge on any atom is -0.383 e. The van der Waals surface area contributed by atoms with Crippen molar-refractivity contribution in [1.82, 2.24) is 19.8 Å². The molecular formula is C13H21N5S. The maximum Gasteiger partial charge on any atom is 0.132 e. The van der Waals surface area contributed by atoms with Gasteiger partial charge < -0.3 is 15.5 Å². The Kier molecular flexibility index (Phi) is 3.64. The smallest absolute Gasteiger partial charge is 0.132 e. The molecular weight excluding hydrogens is 258 g/mol. The first kappa shape index (κ1) is 13.1. The van der Waals surface area contributed by atoms with E-state index in [0.717, 1.165) is 54.6 Å². The highest BCUT2D eigenvalue weighted by Gasteiger charge is 2.25. The first-order valence-electron chi connectivity index (χ1n) is 6.74. The largest absolute Gasteiger partial charge is 0.383 e. The fourth-order valence-electron chi connectivity index (χ4n) is 2.75. The lowest BCUT2D eigenvalue weighted by Gasteiger charge is -2.37. The van der Waals surface area contributed by atoms with Crippen LogP contribution in [0.15, 0.2) is 0 Å². The summed E-state index contributed by atoms with van der Waals surface area (Å²) < 4.78 is 0. The van der Waals surface area contributed by atoms with Crippen LogP contribution in [0.25, 0.3) is 0 Å². The molecule has 3 rings (SSSR count). The number of hydrogen-bond acceptors (Lipinski definition) is 6. The van der Waals surface area contributed by atoms with E-state index < -0.39 is 0 Å². The van der Waals surface area contributed by atoms with Crippen LogP contribution >= 0.6 is 11.8 Å². The van der Waals surface area contributed by atoms with Gasteiger partial charge in [-0.2, -0.15) is 11.8 Å². The topological polar surface area (TPSA) is 58.3 Å². The molecule has 0 spiro atoms. The predicted molar refractivity (Wildman–Crippen MR) is 79.1 cm³/mol. The second kappa shape index (κ2) is 5.26. The molecule has 19 heavy (non-hydrogen) atoms. The molecule has 2 N–H and O–H groups in total. The van der Waals surface area contributed by atoms with Crippen LogP contribution < -0.4 is 5.73 Å². The Bertz CT molecular complexity index is 478. The van der Waals surface area contributed by atoms with Crippen molar-refractivity contribution in [2.75, 3.05) is 39.5 Å². The molecule has 1 atom stereocenters. The average molecular weight is 279 g/mol. The minimum absolute atomic E-state index is 0.491. The van der Waals surface area contributed by atoms with Crippen molar-refractivity contribution in [3.8, 4) is 0 Å². The summed E-state index contributed by atoms with van der Waals surface area (Å²) >= 11 is 1.87. The Balaban J connectivity index is 1.78. The Labute approximate surface area is 118 Å². The summed E-state index contributed by atoms with van der Waals surface area (Å²) in [7, 11) is 4.36. The first-order chi connectivity index (χ1) is 9.13. The second-order valence-electron chi connectivity index (χ2n) is 5.54. The number of thioether (sulfide) groups is 1. The molecule has 1 unspecified atom stereocenters. The average Bonchev–Trinajstić information content (AvgIpc) is 2.82. The van der Waals surface area contributed by atoms with E-state index in [1.165, 1.54) is 0 Å². The maximum atomic E-state index is 6.05. The third-order valence-electron chi connectivity index (χ3n) is 4.05. The van der Waals surface area contributed by atoms with Crippen molar-refractivity contribution >= 4 is 17.6 Å². The molecule has 0 amide bonds. The van der Waals surface area contributed by atoms with Crippen LogP contribution in [0.4, 0.5) is 5.82 Å². The van der Waals surface area contributed by atoms with Crippen LogP contribution in [0.1, 0.15) is 17.1 Å². The number of rotatable bonds is 2. The summed E-state index contributed by atoms with van der Waals surface area (Å²) in [6.07, 6.45) is 0.892. The van der Waals surface area contributed by atoms with Crippen LogP contribution in [0, 0.1) is 0 Å². The summed E-state index contributed by atoms with van der Waals surface area (Å²) in [5.74, 6) is 3.55. The molecule has 0 aliphatic carbocycles.